The topological polar surface area (TPSA) is 68.2 Å². The second kappa shape index (κ2) is 7.02. The van der Waals surface area contributed by atoms with Crippen molar-refractivity contribution in [1.82, 2.24) is 4.90 Å². The van der Waals surface area contributed by atoms with Crippen molar-refractivity contribution in [2.24, 2.45) is 5.92 Å². The molecule has 1 N–H and O–H groups in total. The van der Waals surface area contributed by atoms with E-state index in [-0.39, 0.29) is 30.1 Å². The molecule has 1 heterocycles. The summed E-state index contributed by atoms with van der Waals surface area (Å²) in [5.41, 5.74) is 2.21. The van der Waals surface area contributed by atoms with Gasteiger partial charge < -0.3 is 24.2 Å². The zero-order chi connectivity index (χ0) is 19.3. The van der Waals surface area contributed by atoms with Gasteiger partial charge in [0, 0.05) is 34.5 Å². The van der Waals surface area contributed by atoms with Gasteiger partial charge in [-0.2, -0.15) is 0 Å². The molecule has 6 nitrogen and oxygen atoms in total. The summed E-state index contributed by atoms with van der Waals surface area (Å²) in [5.74, 6) is 1.41. The van der Waals surface area contributed by atoms with Gasteiger partial charge >= 0.3 is 6.09 Å². The minimum Gasteiger partial charge on any atom is -0.493 e. The molecule has 0 aromatic heterocycles. The van der Waals surface area contributed by atoms with Crippen LogP contribution in [0.5, 0.6) is 11.5 Å². The van der Waals surface area contributed by atoms with Crippen molar-refractivity contribution >= 4 is 22.0 Å². The summed E-state index contributed by atoms with van der Waals surface area (Å²) in [6, 6.07) is 1.85. The number of amides is 1. The summed E-state index contributed by atoms with van der Waals surface area (Å²) in [6.07, 6.45) is 3.15. The lowest BCUT2D eigenvalue weighted by Gasteiger charge is -2.44. The summed E-state index contributed by atoms with van der Waals surface area (Å²) in [6.45, 7) is 4.68. The van der Waals surface area contributed by atoms with E-state index in [9.17, 15) is 9.90 Å². The van der Waals surface area contributed by atoms with E-state index in [4.69, 9.17) is 14.2 Å². The number of carbonyl (C=O) groups is 1. The van der Waals surface area contributed by atoms with Gasteiger partial charge in [0.1, 0.15) is 12.2 Å². The maximum Gasteiger partial charge on any atom is 0.410 e. The Bertz CT molecular complexity index is 795. The first-order valence-electron chi connectivity index (χ1n) is 9.37. The molecule has 0 saturated carbocycles. The molecule has 7 heteroatoms. The van der Waals surface area contributed by atoms with Gasteiger partial charge in [-0.25, -0.2) is 4.79 Å². The predicted octanol–water partition coefficient (Wildman–Crippen LogP) is 3.25. The van der Waals surface area contributed by atoms with E-state index in [2.05, 4.69) is 15.9 Å². The number of likely N-dealkylation sites (N-methyl/N-ethyl adjacent to an activating group) is 1. The molecule has 0 radical (unpaired) electrons. The van der Waals surface area contributed by atoms with Crippen LogP contribution in [-0.4, -0.2) is 54.6 Å². The van der Waals surface area contributed by atoms with Crippen LogP contribution >= 0.6 is 15.9 Å². The Morgan fingerprint density at radius 1 is 1.41 bits per heavy atom. The highest BCUT2D eigenvalue weighted by atomic mass is 79.9. The molecule has 1 aromatic rings. The molecule has 0 fully saturated rings. The Kier molecular flexibility index (Phi) is 4.84. The van der Waals surface area contributed by atoms with E-state index >= 15 is 0 Å². The molecule has 146 valence electrons. The standard InChI is InChI=1S/C20H24BrNO5/c1-4-22(20(24)26-5-2)13-8-11-12(21)9-15(25-3)19-17(11)16-10(13)6-7-14(23)18(16)27-19/h6-7,9-10,13-14,16,18,23H,4-5,8H2,1-3H3/t10-,13+,14-,16?,18-/m0/s1. The summed E-state index contributed by atoms with van der Waals surface area (Å²) >= 11 is 3.67. The Hall–Kier alpha value is -1.73. The van der Waals surface area contributed by atoms with Gasteiger partial charge in [0.2, 0.25) is 0 Å². The number of aliphatic hydroxyl groups is 1. The van der Waals surface area contributed by atoms with Gasteiger partial charge in [0.05, 0.1) is 13.7 Å². The highest BCUT2D eigenvalue weighted by Gasteiger charge is 2.53. The molecule has 1 amide bonds. The van der Waals surface area contributed by atoms with Crippen LogP contribution in [0.4, 0.5) is 4.79 Å². The quantitative estimate of drug-likeness (QED) is 0.732. The van der Waals surface area contributed by atoms with Gasteiger partial charge in [-0.15, -0.1) is 0 Å². The number of ether oxygens (including phenoxy) is 3. The molecule has 2 aliphatic carbocycles. The molecule has 1 aromatic carbocycles. The Balaban J connectivity index is 1.84. The lowest BCUT2D eigenvalue weighted by molar-refractivity contribution is 0.0261. The highest BCUT2D eigenvalue weighted by molar-refractivity contribution is 9.10. The van der Waals surface area contributed by atoms with Crippen LogP contribution in [0.1, 0.15) is 30.9 Å². The summed E-state index contributed by atoms with van der Waals surface area (Å²) in [4.78, 5) is 14.4. The van der Waals surface area contributed by atoms with Crippen LogP contribution in [0, 0.1) is 5.92 Å². The summed E-state index contributed by atoms with van der Waals surface area (Å²) < 4.78 is 17.9. The summed E-state index contributed by atoms with van der Waals surface area (Å²) in [7, 11) is 1.62. The Morgan fingerprint density at radius 2 is 2.19 bits per heavy atom. The maximum atomic E-state index is 12.6. The molecular formula is C20H24BrNO5. The van der Waals surface area contributed by atoms with Crippen LogP contribution < -0.4 is 9.47 Å². The molecule has 5 atom stereocenters. The van der Waals surface area contributed by atoms with Gasteiger partial charge in [-0.05, 0) is 31.9 Å². The van der Waals surface area contributed by atoms with Crippen molar-refractivity contribution in [1.29, 1.82) is 0 Å². The second-order valence-corrected chi connectivity index (χ2v) is 7.95. The normalized spacial score (nSPS) is 29.7. The minimum absolute atomic E-state index is 0.0244. The molecule has 4 rings (SSSR count). The van der Waals surface area contributed by atoms with Crippen LogP contribution in [0.15, 0.2) is 22.7 Å². The number of hydrogen-bond donors (Lipinski definition) is 1. The van der Waals surface area contributed by atoms with Crippen LogP contribution in [0.3, 0.4) is 0 Å². The van der Waals surface area contributed by atoms with Crippen molar-refractivity contribution in [2.75, 3.05) is 20.3 Å². The Morgan fingerprint density at radius 3 is 2.85 bits per heavy atom. The first-order valence-corrected chi connectivity index (χ1v) is 10.2. The first-order chi connectivity index (χ1) is 13.0. The molecule has 1 unspecified atom stereocenters. The number of benzene rings is 1. The lowest BCUT2D eigenvalue weighted by atomic mass is 9.67. The Labute approximate surface area is 167 Å². The molecule has 0 saturated heterocycles. The monoisotopic (exact) mass is 437 g/mol. The number of nitrogens with zero attached hydrogens (tertiary/aromatic N) is 1. The van der Waals surface area contributed by atoms with E-state index in [0.29, 0.717) is 25.3 Å². The van der Waals surface area contributed by atoms with E-state index in [0.717, 1.165) is 21.3 Å². The van der Waals surface area contributed by atoms with Gasteiger partial charge in [0.25, 0.3) is 0 Å². The largest absolute Gasteiger partial charge is 0.493 e. The zero-order valence-corrected chi connectivity index (χ0v) is 17.2. The van der Waals surface area contributed by atoms with Crippen LogP contribution in [0.25, 0.3) is 0 Å². The van der Waals surface area contributed by atoms with Gasteiger partial charge in [-0.1, -0.05) is 28.1 Å². The minimum atomic E-state index is -0.689. The van der Waals surface area contributed by atoms with Crippen LogP contribution in [-0.2, 0) is 11.2 Å². The zero-order valence-electron chi connectivity index (χ0n) is 15.6. The third kappa shape index (κ3) is 2.74. The molecular weight excluding hydrogens is 414 g/mol. The van der Waals surface area contributed by atoms with Gasteiger partial charge in [-0.3, -0.25) is 0 Å². The predicted molar refractivity (Wildman–Crippen MR) is 103 cm³/mol. The van der Waals surface area contributed by atoms with E-state index in [1.54, 1.807) is 18.1 Å². The molecule has 27 heavy (non-hydrogen) atoms. The number of aliphatic hydroxyl groups excluding tert-OH is 1. The van der Waals surface area contributed by atoms with Crippen molar-refractivity contribution in [3.63, 3.8) is 0 Å². The van der Waals surface area contributed by atoms with Crippen molar-refractivity contribution < 1.29 is 24.1 Å². The summed E-state index contributed by atoms with van der Waals surface area (Å²) in [5, 5.41) is 10.5. The highest BCUT2D eigenvalue weighted by Crippen LogP contribution is 2.57. The number of halogens is 1. The van der Waals surface area contributed by atoms with Crippen molar-refractivity contribution in [3.05, 3.63) is 33.8 Å². The maximum absolute atomic E-state index is 12.6. The third-order valence-electron chi connectivity index (χ3n) is 5.88. The first kappa shape index (κ1) is 18.6. The van der Waals surface area contributed by atoms with E-state index in [1.165, 1.54) is 0 Å². The smallest absolute Gasteiger partial charge is 0.410 e. The fourth-order valence-electron chi connectivity index (χ4n) is 4.77. The third-order valence-corrected chi connectivity index (χ3v) is 6.59. The number of rotatable bonds is 4. The molecule has 3 aliphatic rings. The number of methoxy groups -OCH3 is 1. The lowest BCUT2D eigenvalue weighted by Crippen LogP contribution is -2.52. The van der Waals surface area contributed by atoms with Crippen molar-refractivity contribution in [2.45, 2.75) is 44.4 Å². The molecule has 0 spiro atoms. The average molecular weight is 438 g/mol. The van der Waals surface area contributed by atoms with Gasteiger partial charge in [0.15, 0.2) is 11.5 Å². The fraction of sp³-hybridized carbons (Fsp3) is 0.550. The van der Waals surface area contributed by atoms with Crippen molar-refractivity contribution in [3.8, 4) is 11.5 Å². The van der Waals surface area contributed by atoms with E-state index < -0.39 is 6.10 Å². The molecule has 1 aliphatic heterocycles. The second-order valence-electron chi connectivity index (χ2n) is 7.10. The van der Waals surface area contributed by atoms with E-state index in [1.807, 2.05) is 26.0 Å². The number of hydrogen-bond acceptors (Lipinski definition) is 5. The fourth-order valence-corrected chi connectivity index (χ4v) is 5.36. The number of carbonyl (C=O) groups excluding carboxylic acids is 1. The average Bonchev–Trinajstić information content (AvgIpc) is 3.06. The SMILES string of the molecule is CCOC(=O)N(CC)[C@@H]1Cc2c(Br)cc(OC)c3c2C2[C@H]1C=C[C@H](O)[C@@H]2O3. The van der Waals surface area contributed by atoms with Crippen LogP contribution in [0.2, 0.25) is 0 Å². The molecule has 0 bridgehead atoms.